The summed E-state index contributed by atoms with van der Waals surface area (Å²) >= 11 is 0. The highest BCUT2D eigenvalue weighted by atomic mass is 19.1. The van der Waals surface area contributed by atoms with Gasteiger partial charge in [-0.15, -0.1) is 0 Å². The Balaban J connectivity index is 1.57. The molecule has 140 valence electrons. The highest BCUT2D eigenvalue weighted by Crippen LogP contribution is 2.12. The third kappa shape index (κ3) is 5.11. The number of hydrogen-bond donors (Lipinski definition) is 2. The first-order valence-corrected chi connectivity index (χ1v) is 8.58. The van der Waals surface area contributed by atoms with Crippen LogP contribution in [0, 0.1) is 12.7 Å². The lowest BCUT2D eigenvalue weighted by atomic mass is 10.1. The summed E-state index contributed by atoms with van der Waals surface area (Å²) in [5, 5.41) is 6.63. The van der Waals surface area contributed by atoms with Crippen molar-refractivity contribution >= 4 is 23.7 Å². The largest absolute Gasteiger partial charge is 0.322 e. The Morgan fingerprint density at radius 1 is 0.821 bits per heavy atom. The van der Waals surface area contributed by atoms with E-state index in [0.29, 0.717) is 16.8 Å². The number of carbonyl (C=O) groups excluding carboxylic acids is 2. The smallest absolute Gasteiger partial charge is 0.271 e. The first-order valence-electron chi connectivity index (χ1n) is 8.58. The zero-order chi connectivity index (χ0) is 19.9. The Morgan fingerprint density at radius 3 is 2.04 bits per heavy atom. The zero-order valence-corrected chi connectivity index (χ0v) is 15.1. The normalized spacial score (nSPS) is 10.6. The predicted molar refractivity (Wildman–Crippen MR) is 107 cm³/mol. The van der Waals surface area contributed by atoms with Crippen molar-refractivity contribution in [2.75, 3.05) is 5.32 Å². The molecule has 0 fully saturated rings. The number of hydrazone groups is 1. The Morgan fingerprint density at radius 2 is 1.39 bits per heavy atom. The van der Waals surface area contributed by atoms with Gasteiger partial charge in [0, 0.05) is 16.8 Å². The molecular weight excluding hydrogens is 357 g/mol. The Labute approximate surface area is 161 Å². The number of halogens is 1. The molecule has 0 aliphatic rings. The van der Waals surface area contributed by atoms with Gasteiger partial charge >= 0.3 is 0 Å². The molecule has 3 rings (SSSR count). The van der Waals surface area contributed by atoms with Crippen LogP contribution in [0.4, 0.5) is 10.1 Å². The average molecular weight is 375 g/mol. The van der Waals surface area contributed by atoms with Crippen molar-refractivity contribution in [2.24, 2.45) is 5.10 Å². The van der Waals surface area contributed by atoms with Crippen molar-refractivity contribution in [1.82, 2.24) is 5.43 Å². The Kier molecular flexibility index (Phi) is 5.91. The molecule has 0 saturated heterocycles. The summed E-state index contributed by atoms with van der Waals surface area (Å²) in [5.41, 5.74) is 5.75. The fourth-order valence-corrected chi connectivity index (χ4v) is 2.39. The standard InChI is InChI=1S/C22H18FN3O2/c1-15-2-4-16(5-3-15)14-24-26-22(28)18-8-12-20(13-9-18)25-21(27)17-6-10-19(23)11-7-17/h2-14H,1H3,(H,25,27)(H,26,28)/b24-14-. The molecule has 0 aliphatic heterocycles. The molecule has 28 heavy (non-hydrogen) atoms. The van der Waals surface area contributed by atoms with Crippen LogP contribution in [0.1, 0.15) is 31.8 Å². The van der Waals surface area contributed by atoms with Crippen molar-refractivity contribution < 1.29 is 14.0 Å². The predicted octanol–water partition coefficient (Wildman–Crippen LogP) is 4.15. The van der Waals surface area contributed by atoms with Gasteiger partial charge in [-0.3, -0.25) is 9.59 Å². The van der Waals surface area contributed by atoms with Gasteiger partial charge in [-0.1, -0.05) is 29.8 Å². The third-order valence-corrected chi connectivity index (χ3v) is 3.97. The summed E-state index contributed by atoms with van der Waals surface area (Å²) < 4.78 is 12.9. The molecule has 2 N–H and O–H groups in total. The number of aryl methyl sites for hydroxylation is 1. The van der Waals surface area contributed by atoms with Gasteiger partial charge in [-0.25, -0.2) is 9.82 Å². The van der Waals surface area contributed by atoms with E-state index in [1.54, 1.807) is 30.5 Å². The fourth-order valence-electron chi connectivity index (χ4n) is 2.39. The number of anilines is 1. The molecule has 0 bridgehead atoms. The van der Waals surface area contributed by atoms with Crippen LogP contribution in [0.2, 0.25) is 0 Å². The average Bonchev–Trinajstić information content (AvgIpc) is 2.70. The minimum Gasteiger partial charge on any atom is -0.322 e. The van der Waals surface area contributed by atoms with Crippen LogP contribution in [-0.2, 0) is 0 Å². The van der Waals surface area contributed by atoms with Gasteiger partial charge in [-0.2, -0.15) is 5.10 Å². The summed E-state index contributed by atoms with van der Waals surface area (Å²) in [6.45, 7) is 1.99. The molecule has 0 heterocycles. The second-order valence-corrected chi connectivity index (χ2v) is 6.15. The summed E-state index contributed by atoms with van der Waals surface area (Å²) in [6.07, 6.45) is 1.56. The SMILES string of the molecule is Cc1ccc(/C=N\NC(=O)c2ccc(NC(=O)c3ccc(F)cc3)cc2)cc1. The molecule has 0 radical (unpaired) electrons. The maximum Gasteiger partial charge on any atom is 0.271 e. The first-order chi connectivity index (χ1) is 13.5. The number of benzene rings is 3. The third-order valence-electron chi connectivity index (χ3n) is 3.97. The molecule has 0 aromatic heterocycles. The minimum absolute atomic E-state index is 0.341. The molecule has 3 aromatic rings. The maximum absolute atomic E-state index is 12.9. The summed E-state index contributed by atoms with van der Waals surface area (Å²) in [6, 6.07) is 19.4. The van der Waals surface area contributed by atoms with Crippen molar-refractivity contribution in [3.63, 3.8) is 0 Å². The summed E-state index contributed by atoms with van der Waals surface area (Å²) in [5.74, 6) is -1.13. The highest BCUT2D eigenvalue weighted by molar-refractivity contribution is 6.04. The van der Waals surface area contributed by atoms with Crippen molar-refractivity contribution in [3.05, 3.63) is 101 Å². The summed E-state index contributed by atoms with van der Waals surface area (Å²) in [4.78, 5) is 24.2. The van der Waals surface area contributed by atoms with Gasteiger partial charge < -0.3 is 5.32 Å². The second kappa shape index (κ2) is 8.73. The maximum atomic E-state index is 12.9. The fraction of sp³-hybridized carbons (Fsp3) is 0.0455. The molecule has 0 saturated carbocycles. The quantitative estimate of drug-likeness (QED) is 0.519. The molecule has 2 amide bonds. The molecule has 0 aliphatic carbocycles. The monoisotopic (exact) mass is 375 g/mol. The van der Waals surface area contributed by atoms with E-state index >= 15 is 0 Å². The number of nitrogens with zero attached hydrogens (tertiary/aromatic N) is 1. The van der Waals surface area contributed by atoms with E-state index in [4.69, 9.17) is 0 Å². The number of rotatable bonds is 5. The van der Waals surface area contributed by atoms with E-state index in [1.165, 1.54) is 24.3 Å². The number of carbonyl (C=O) groups is 2. The lowest BCUT2D eigenvalue weighted by Gasteiger charge is -2.06. The lowest BCUT2D eigenvalue weighted by molar-refractivity contribution is 0.0954. The van der Waals surface area contributed by atoms with Gasteiger partial charge in [0.25, 0.3) is 11.8 Å². The van der Waals surface area contributed by atoms with Gasteiger partial charge in [0.1, 0.15) is 5.82 Å². The molecule has 5 nitrogen and oxygen atoms in total. The number of amides is 2. The van der Waals surface area contributed by atoms with E-state index in [1.807, 2.05) is 31.2 Å². The van der Waals surface area contributed by atoms with Crippen molar-refractivity contribution in [2.45, 2.75) is 6.92 Å². The molecule has 6 heteroatoms. The zero-order valence-electron chi connectivity index (χ0n) is 15.1. The molecule has 0 atom stereocenters. The summed E-state index contributed by atoms with van der Waals surface area (Å²) in [7, 11) is 0. The van der Waals surface area contributed by atoms with Gasteiger partial charge in [-0.05, 0) is 61.0 Å². The minimum atomic E-state index is -0.406. The van der Waals surface area contributed by atoms with Crippen LogP contribution in [0.25, 0.3) is 0 Å². The Bertz CT molecular complexity index is 995. The van der Waals surface area contributed by atoms with E-state index in [0.717, 1.165) is 11.1 Å². The molecular formula is C22H18FN3O2. The van der Waals surface area contributed by atoms with Gasteiger partial charge in [0.15, 0.2) is 0 Å². The Hall–Kier alpha value is -3.80. The first kappa shape index (κ1) is 19.0. The van der Waals surface area contributed by atoms with E-state index in [2.05, 4.69) is 15.8 Å². The van der Waals surface area contributed by atoms with E-state index < -0.39 is 5.82 Å². The lowest BCUT2D eigenvalue weighted by Crippen LogP contribution is -2.17. The second-order valence-electron chi connectivity index (χ2n) is 6.15. The number of hydrogen-bond acceptors (Lipinski definition) is 3. The van der Waals surface area contributed by atoms with Crippen LogP contribution in [0.3, 0.4) is 0 Å². The van der Waals surface area contributed by atoms with Gasteiger partial charge in [0.2, 0.25) is 0 Å². The number of nitrogens with one attached hydrogen (secondary N) is 2. The van der Waals surface area contributed by atoms with Crippen molar-refractivity contribution in [1.29, 1.82) is 0 Å². The van der Waals surface area contributed by atoms with Crippen LogP contribution < -0.4 is 10.7 Å². The van der Waals surface area contributed by atoms with Crippen LogP contribution in [0.15, 0.2) is 77.9 Å². The van der Waals surface area contributed by atoms with Crippen LogP contribution in [0.5, 0.6) is 0 Å². The van der Waals surface area contributed by atoms with Crippen LogP contribution >= 0.6 is 0 Å². The molecule has 3 aromatic carbocycles. The van der Waals surface area contributed by atoms with Gasteiger partial charge in [0.05, 0.1) is 6.21 Å². The highest BCUT2D eigenvalue weighted by Gasteiger charge is 2.08. The van der Waals surface area contributed by atoms with E-state index in [9.17, 15) is 14.0 Å². The van der Waals surface area contributed by atoms with Crippen molar-refractivity contribution in [3.8, 4) is 0 Å². The topological polar surface area (TPSA) is 70.6 Å². The molecule has 0 unspecified atom stereocenters. The van der Waals surface area contributed by atoms with E-state index in [-0.39, 0.29) is 11.8 Å². The molecule has 0 spiro atoms. The van der Waals surface area contributed by atoms with Crippen LogP contribution in [-0.4, -0.2) is 18.0 Å².